The van der Waals surface area contributed by atoms with Crippen LogP contribution in [0.25, 0.3) is 0 Å². The van der Waals surface area contributed by atoms with Crippen LogP contribution in [0.3, 0.4) is 0 Å². The summed E-state index contributed by atoms with van der Waals surface area (Å²) in [7, 11) is 0. The topological polar surface area (TPSA) is 125 Å². The van der Waals surface area contributed by atoms with Crippen LogP contribution in [-0.4, -0.2) is 50.9 Å². The summed E-state index contributed by atoms with van der Waals surface area (Å²) in [5.74, 6) is 0. The molecule has 0 bridgehead atoms. The molecule has 116 valence electrons. The lowest BCUT2D eigenvalue weighted by Gasteiger charge is -2.40. The Bertz CT molecular complexity index is 537. The van der Waals surface area contributed by atoms with E-state index in [2.05, 4.69) is 5.32 Å². The lowest BCUT2D eigenvalue weighted by Crippen LogP contribution is -2.58. The van der Waals surface area contributed by atoms with Gasteiger partial charge in [0.05, 0.1) is 11.0 Å². The molecular formula is C13H18N2O6. The van der Waals surface area contributed by atoms with Gasteiger partial charge >= 0.3 is 0 Å². The molecule has 8 heteroatoms. The van der Waals surface area contributed by atoms with E-state index < -0.39 is 35.6 Å². The van der Waals surface area contributed by atoms with Gasteiger partial charge in [-0.25, -0.2) is 0 Å². The van der Waals surface area contributed by atoms with Crippen molar-refractivity contribution in [3.05, 3.63) is 33.9 Å². The normalized spacial score (nSPS) is 32.7. The van der Waals surface area contributed by atoms with Crippen LogP contribution in [0.4, 0.5) is 11.4 Å². The third-order valence-corrected chi connectivity index (χ3v) is 3.57. The molecule has 1 aromatic carbocycles. The predicted molar refractivity (Wildman–Crippen MR) is 73.8 cm³/mol. The summed E-state index contributed by atoms with van der Waals surface area (Å²) in [5.41, 5.74) is 1.11. The molecule has 1 aliphatic rings. The van der Waals surface area contributed by atoms with Gasteiger partial charge in [0, 0.05) is 17.8 Å². The maximum absolute atomic E-state index is 10.7. The number of anilines is 1. The fourth-order valence-electron chi connectivity index (χ4n) is 2.25. The Balaban J connectivity index is 2.16. The van der Waals surface area contributed by atoms with Crippen LogP contribution in [0, 0.1) is 17.0 Å². The fourth-order valence-corrected chi connectivity index (χ4v) is 2.25. The van der Waals surface area contributed by atoms with Crippen molar-refractivity contribution in [2.45, 2.75) is 44.5 Å². The van der Waals surface area contributed by atoms with Crippen LogP contribution < -0.4 is 5.32 Å². The first kappa shape index (κ1) is 15.6. The summed E-state index contributed by atoms with van der Waals surface area (Å²) in [6.45, 7) is 3.26. The van der Waals surface area contributed by atoms with E-state index in [-0.39, 0.29) is 5.69 Å². The molecule has 1 saturated heterocycles. The van der Waals surface area contributed by atoms with E-state index in [4.69, 9.17) is 4.74 Å². The highest BCUT2D eigenvalue weighted by molar-refractivity contribution is 5.55. The fraction of sp³-hybridized carbons (Fsp3) is 0.538. The van der Waals surface area contributed by atoms with Crippen LogP contribution in [0.5, 0.6) is 0 Å². The van der Waals surface area contributed by atoms with Gasteiger partial charge in [0.1, 0.15) is 18.3 Å². The Hall–Kier alpha value is -1.74. The minimum absolute atomic E-state index is 0.0352. The number of aliphatic hydroxyl groups excluding tert-OH is 3. The third-order valence-electron chi connectivity index (χ3n) is 3.57. The zero-order chi connectivity index (χ0) is 15.7. The van der Waals surface area contributed by atoms with Gasteiger partial charge in [0.2, 0.25) is 0 Å². The number of benzene rings is 1. The number of aryl methyl sites for hydroxylation is 1. The first-order chi connectivity index (χ1) is 9.81. The van der Waals surface area contributed by atoms with E-state index in [1.807, 2.05) is 0 Å². The van der Waals surface area contributed by atoms with E-state index in [9.17, 15) is 25.4 Å². The van der Waals surface area contributed by atoms with Gasteiger partial charge in [-0.3, -0.25) is 10.1 Å². The Morgan fingerprint density at radius 1 is 1.24 bits per heavy atom. The molecule has 0 aromatic heterocycles. The SMILES string of the molecule is Cc1cc([N+](=O)[O-])ccc1N[C@@H]1O[C@@H](C)[C@@H](O)[C@@H](O)[C@H]1O. The van der Waals surface area contributed by atoms with Crippen molar-refractivity contribution in [3.63, 3.8) is 0 Å². The molecule has 0 spiro atoms. The summed E-state index contributed by atoms with van der Waals surface area (Å²) < 4.78 is 5.41. The van der Waals surface area contributed by atoms with E-state index in [1.165, 1.54) is 18.2 Å². The molecule has 1 aliphatic heterocycles. The highest BCUT2D eigenvalue weighted by atomic mass is 16.6. The molecular weight excluding hydrogens is 280 g/mol. The molecule has 2 rings (SSSR count). The second-order valence-corrected chi connectivity index (χ2v) is 5.13. The first-order valence-electron chi connectivity index (χ1n) is 6.52. The highest BCUT2D eigenvalue weighted by Crippen LogP contribution is 2.26. The van der Waals surface area contributed by atoms with Gasteiger partial charge in [-0.2, -0.15) is 0 Å². The minimum atomic E-state index is -1.33. The molecule has 0 aliphatic carbocycles. The maximum atomic E-state index is 10.7. The van der Waals surface area contributed by atoms with Gasteiger partial charge in [0.25, 0.3) is 5.69 Å². The van der Waals surface area contributed by atoms with Crippen molar-refractivity contribution in [2.24, 2.45) is 0 Å². The van der Waals surface area contributed by atoms with Crippen LogP contribution in [-0.2, 0) is 4.74 Å². The standard InChI is InChI=1S/C13H18N2O6/c1-6-5-8(15(19)20)3-4-9(6)14-13-12(18)11(17)10(16)7(2)21-13/h3-5,7,10-14,16-18H,1-2H3/t7-,10+,11+,12+,13+/m0/s1. The van der Waals surface area contributed by atoms with Crippen molar-refractivity contribution < 1.29 is 25.0 Å². The van der Waals surface area contributed by atoms with Gasteiger partial charge in [-0.15, -0.1) is 0 Å². The molecule has 0 saturated carbocycles. The lowest BCUT2D eigenvalue weighted by atomic mass is 9.99. The largest absolute Gasteiger partial charge is 0.388 e. The van der Waals surface area contributed by atoms with Crippen molar-refractivity contribution in [1.29, 1.82) is 0 Å². The second kappa shape index (κ2) is 5.94. The maximum Gasteiger partial charge on any atom is 0.269 e. The summed E-state index contributed by atoms with van der Waals surface area (Å²) in [6.07, 6.45) is -5.38. The lowest BCUT2D eigenvalue weighted by molar-refractivity contribution is -0.384. The smallest absolute Gasteiger partial charge is 0.269 e. The van der Waals surface area contributed by atoms with Crippen LogP contribution in [0.2, 0.25) is 0 Å². The molecule has 21 heavy (non-hydrogen) atoms. The number of nitrogens with zero attached hydrogens (tertiary/aromatic N) is 1. The number of aliphatic hydroxyl groups is 3. The molecule has 8 nitrogen and oxygen atoms in total. The van der Waals surface area contributed by atoms with Crippen molar-refractivity contribution in [1.82, 2.24) is 0 Å². The quantitative estimate of drug-likeness (QED) is 0.462. The average molecular weight is 298 g/mol. The zero-order valence-corrected chi connectivity index (χ0v) is 11.6. The van der Waals surface area contributed by atoms with Gasteiger partial charge < -0.3 is 25.4 Å². The minimum Gasteiger partial charge on any atom is -0.388 e. The zero-order valence-electron chi connectivity index (χ0n) is 11.6. The second-order valence-electron chi connectivity index (χ2n) is 5.13. The molecule has 0 unspecified atom stereocenters. The van der Waals surface area contributed by atoms with Gasteiger partial charge in [-0.1, -0.05) is 0 Å². The molecule has 1 aromatic rings. The van der Waals surface area contributed by atoms with E-state index in [0.29, 0.717) is 11.3 Å². The van der Waals surface area contributed by atoms with Crippen molar-refractivity contribution in [3.8, 4) is 0 Å². The number of hydrogen-bond donors (Lipinski definition) is 4. The first-order valence-corrected chi connectivity index (χ1v) is 6.52. The molecule has 1 heterocycles. The molecule has 0 amide bonds. The van der Waals surface area contributed by atoms with Crippen LogP contribution in [0.1, 0.15) is 12.5 Å². The average Bonchev–Trinajstić information content (AvgIpc) is 2.44. The molecule has 0 radical (unpaired) electrons. The third kappa shape index (κ3) is 3.13. The summed E-state index contributed by atoms with van der Waals surface area (Å²) >= 11 is 0. The van der Waals surface area contributed by atoms with Crippen molar-refractivity contribution in [2.75, 3.05) is 5.32 Å². The predicted octanol–water partition coefficient (Wildman–Crippen LogP) is 0.143. The summed E-state index contributed by atoms with van der Waals surface area (Å²) in [6, 6.07) is 4.23. The van der Waals surface area contributed by atoms with Crippen LogP contribution >= 0.6 is 0 Å². The highest BCUT2D eigenvalue weighted by Gasteiger charge is 2.41. The number of nitro benzene ring substituents is 1. The summed E-state index contributed by atoms with van der Waals surface area (Å²) in [4.78, 5) is 10.2. The number of non-ortho nitro benzene ring substituents is 1. The number of nitro groups is 1. The Morgan fingerprint density at radius 2 is 1.90 bits per heavy atom. The molecule has 4 N–H and O–H groups in total. The monoisotopic (exact) mass is 298 g/mol. The number of hydrogen-bond acceptors (Lipinski definition) is 7. The van der Waals surface area contributed by atoms with E-state index >= 15 is 0 Å². The Kier molecular flexibility index (Phi) is 4.43. The van der Waals surface area contributed by atoms with Crippen LogP contribution in [0.15, 0.2) is 18.2 Å². The Labute approximate surface area is 121 Å². The van der Waals surface area contributed by atoms with E-state index in [1.54, 1.807) is 13.8 Å². The van der Waals surface area contributed by atoms with E-state index in [0.717, 1.165) is 0 Å². The molecule has 1 fully saturated rings. The van der Waals surface area contributed by atoms with Gasteiger partial charge in [-0.05, 0) is 25.5 Å². The van der Waals surface area contributed by atoms with Gasteiger partial charge in [0.15, 0.2) is 6.23 Å². The Morgan fingerprint density at radius 3 is 2.48 bits per heavy atom. The van der Waals surface area contributed by atoms with Crippen molar-refractivity contribution >= 4 is 11.4 Å². The number of ether oxygens (including phenoxy) is 1. The number of rotatable bonds is 3. The number of nitrogens with one attached hydrogen (secondary N) is 1. The summed E-state index contributed by atoms with van der Waals surface area (Å²) in [5, 5.41) is 42.8. The molecule has 5 atom stereocenters.